The Balaban J connectivity index is 1.91. The van der Waals surface area contributed by atoms with Gasteiger partial charge >= 0.3 is 12.1 Å². The molecule has 1 aromatic heterocycles. The third-order valence-corrected chi connectivity index (χ3v) is 5.28. The van der Waals surface area contributed by atoms with Gasteiger partial charge in [0.1, 0.15) is 11.7 Å². The molecule has 0 aliphatic carbocycles. The first-order valence-electron chi connectivity index (χ1n) is 9.07. The van der Waals surface area contributed by atoms with E-state index in [0.29, 0.717) is 19.4 Å². The third-order valence-electron chi connectivity index (χ3n) is 4.60. The van der Waals surface area contributed by atoms with Gasteiger partial charge in [0.15, 0.2) is 0 Å². The molecule has 2 heterocycles. The van der Waals surface area contributed by atoms with Gasteiger partial charge in [0.25, 0.3) is 0 Å². The highest BCUT2D eigenvalue weighted by Gasteiger charge is 2.41. The Morgan fingerprint density at radius 2 is 2.00 bits per heavy atom. The lowest BCUT2D eigenvalue weighted by Gasteiger charge is -2.30. The summed E-state index contributed by atoms with van der Waals surface area (Å²) in [6.07, 6.45) is 0.430. The minimum Gasteiger partial charge on any atom is -0.460 e. The van der Waals surface area contributed by atoms with Crippen LogP contribution in [0, 0.1) is 0 Å². The molecule has 1 fully saturated rings. The Morgan fingerprint density at radius 3 is 2.67 bits per heavy atom. The van der Waals surface area contributed by atoms with E-state index in [1.54, 1.807) is 4.90 Å². The van der Waals surface area contributed by atoms with E-state index < -0.39 is 5.60 Å². The third kappa shape index (κ3) is 4.46. The lowest BCUT2D eigenvalue weighted by Crippen LogP contribution is -2.44. The van der Waals surface area contributed by atoms with E-state index in [0.717, 1.165) is 21.1 Å². The standard InChI is InChI=1S/C20H25BrN2O4/c1-12(24)26-17-9-10-23(19(25)27-20(2,3)4)16(17)11-14-13-7-5-6-8-15(13)22-18(14)21/h5-8,16-17,22H,9-11H2,1-4H3. The molecular formula is C20H25BrN2O4. The SMILES string of the molecule is CC(=O)OC1CCN(C(=O)OC(C)(C)C)C1Cc1c(Br)[nH]c2ccccc12. The molecule has 2 atom stereocenters. The van der Waals surface area contributed by atoms with Crippen LogP contribution in [0.2, 0.25) is 0 Å². The number of para-hydroxylation sites is 1. The molecule has 1 N–H and O–H groups in total. The number of rotatable bonds is 3. The van der Waals surface area contributed by atoms with Crippen LogP contribution in [0.25, 0.3) is 10.9 Å². The molecule has 1 aromatic carbocycles. The zero-order chi connectivity index (χ0) is 19.8. The monoisotopic (exact) mass is 436 g/mol. The van der Waals surface area contributed by atoms with Crippen LogP contribution in [-0.2, 0) is 20.7 Å². The number of nitrogens with zero attached hydrogens (tertiary/aromatic N) is 1. The zero-order valence-electron chi connectivity index (χ0n) is 16.0. The lowest BCUT2D eigenvalue weighted by atomic mass is 10.0. The second-order valence-electron chi connectivity index (χ2n) is 7.84. The van der Waals surface area contributed by atoms with Crippen LogP contribution in [0.15, 0.2) is 28.9 Å². The summed E-state index contributed by atoms with van der Waals surface area (Å²) < 4.78 is 12.0. The van der Waals surface area contributed by atoms with Gasteiger partial charge < -0.3 is 19.4 Å². The van der Waals surface area contributed by atoms with Crippen LogP contribution < -0.4 is 0 Å². The number of ether oxygens (including phenoxy) is 2. The minimum atomic E-state index is -0.581. The molecule has 27 heavy (non-hydrogen) atoms. The van der Waals surface area contributed by atoms with Crippen molar-refractivity contribution < 1.29 is 19.1 Å². The summed E-state index contributed by atoms with van der Waals surface area (Å²) in [5.41, 5.74) is 1.50. The van der Waals surface area contributed by atoms with Crippen molar-refractivity contribution in [3.8, 4) is 0 Å². The minimum absolute atomic E-state index is 0.278. The average molecular weight is 437 g/mol. The molecule has 6 nitrogen and oxygen atoms in total. The first-order valence-corrected chi connectivity index (χ1v) is 9.87. The molecule has 1 amide bonds. The Kier molecular flexibility index (Phi) is 5.51. The maximum Gasteiger partial charge on any atom is 0.410 e. The number of nitrogens with one attached hydrogen (secondary N) is 1. The first-order chi connectivity index (χ1) is 12.7. The maximum absolute atomic E-state index is 12.7. The Morgan fingerprint density at radius 1 is 1.30 bits per heavy atom. The molecular weight excluding hydrogens is 412 g/mol. The first kappa shape index (κ1) is 19.7. The van der Waals surface area contributed by atoms with Crippen LogP contribution in [0.3, 0.4) is 0 Å². The molecule has 3 rings (SSSR count). The van der Waals surface area contributed by atoms with Crippen LogP contribution in [0.5, 0.6) is 0 Å². The molecule has 146 valence electrons. The summed E-state index contributed by atoms with van der Waals surface area (Å²) in [7, 11) is 0. The number of halogens is 1. The van der Waals surface area contributed by atoms with Gasteiger partial charge in [-0.1, -0.05) is 18.2 Å². The van der Waals surface area contributed by atoms with Crippen molar-refractivity contribution in [2.24, 2.45) is 0 Å². The highest BCUT2D eigenvalue weighted by atomic mass is 79.9. The van der Waals surface area contributed by atoms with Crippen molar-refractivity contribution in [2.45, 2.75) is 58.3 Å². The predicted octanol–water partition coefficient (Wildman–Crippen LogP) is 4.41. The number of aromatic amines is 1. The van der Waals surface area contributed by atoms with Gasteiger partial charge in [-0.05, 0) is 54.8 Å². The average Bonchev–Trinajstić information content (AvgIpc) is 3.07. The Hall–Kier alpha value is -2.02. The zero-order valence-corrected chi connectivity index (χ0v) is 17.6. The summed E-state index contributed by atoms with van der Waals surface area (Å²) in [6.45, 7) is 7.42. The highest BCUT2D eigenvalue weighted by molar-refractivity contribution is 9.10. The number of amides is 1. The van der Waals surface area contributed by atoms with Crippen molar-refractivity contribution in [2.75, 3.05) is 6.54 Å². The van der Waals surface area contributed by atoms with Crippen LogP contribution in [0.4, 0.5) is 4.79 Å². The second-order valence-corrected chi connectivity index (χ2v) is 8.64. The predicted molar refractivity (Wildman–Crippen MR) is 107 cm³/mol. The molecule has 7 heteroatoms. The number of likely N-dealkylation sites (tertiary alicyclic amines) is 1. The van der Waals surface area contributed by atoms with Crippen molar-refractivity contribution in [3.05, 3.63) is 34.4 Å². The van der Waals surface area contributed by atoms with Crippen molar-refractivity contribution in [3.63, 3.8) is 0 Å². The number of carbonyl (C=O) groups is 2. The summed E-state index contributed by atoms with van der Waals surface area (Å²) in [6, 6.07) is 7.72. The number of H-pyrrole nitrogens is 1. The number of hydrogen-bond acceptors (Lipinski definition) is 4. The molecule has 0 spiro atoms. The number of hydrogen-bond donors (Lipinski definition) is 1. The molecule has 0 radical (unpaired) electrons. The second kappa shape index (κ2) is 7.54. The molecule has 1 aliphatic rings. The molecule has 1 saturated heterocycles. The Bertz CT molecular complexity index is 855. The van der Waals surface area contributed by atoms with E-state index in [1.165, 1.54) is 6.92 Å². The van der Waals surface area contributed by atoms with Crippen molar-refractivity contribution in [1.82, 2.24) is 9.88 Å². The van der Waals surface area contributed by atoms with E-state index in [-0.39, 0.29) is 24.2 Å². The maximum atomic E-state index is 12.7. The van der Waals surface area contributed by atoms with E-state index in [4.69, 9.17) is 9.47 Å². The molecule has 2 aromatic rings. The number of aromatic nitrogens is 1. The fourth-order valence-corrected chi connectivity index (χ4v) is 4.13. The van der Waals surface area contributed by atoms with E-state index >= 15 is 0 Å². The largest absolute Gasteiger partial charge is 0.460 e. The summed E-state index contributed by atoms with van der Waals surface area (Å²) in [5, 5.41) is 1.09. The van der Waals surface area contributed by atoms with Gasteiger partial charge in [-0.2, -0.15) is 0 Å². The molecule has 2 unspecified atom stereocenters. The summed E-state index contributed by atoms with van der Waals surface area (Å²) >= 11 is 3.60. The lowest BCUT2D eigenvalue weighted by molar-refractivity contribution is -0.147. The van der Waals surface area contributed by atoms with Crippen LogP contribution in [0.1, 0.15) is 39.7 Å². The topological polar surface area (TPSA) is 71.6 Å². The van der Waals surface area contributed by atoms with Gasteiger partial charge in [0.2, 0.25) is 0 Å². The molecule has 0 saturated carbocycles. The fraction of sp³-hybridized carbons (Fsp3) is 0.500. The molecule has 1 aliphatic heterocycles. The summed E-state index contributed by atoms with van der Waals surface area (Å²) in [4.78, 5) is 29.3. The normalized spacial score (nSPS) is 20.1. The Labute approximate surface area is 167 Å². The van der Waals surface area contributed by atoms with Gasteiger partial charge in [-0.15, -0.1) is 0 Å². The van der Waals surface area contributed by atoms with Crippen LogP contribution in [-0.4, -0.2) is 46.2 Å². The van der Waals surface area contributed by atoms with Gasteiger partial charge in [-0.25, -0.2) is 4.79 Å². The van der Waals surface area contributed by atoms with Crippen molar-refractivity contribution in [1.29, 1.82) is 0 Å². The molecule has 0 bridgehead atoms. The highest BCUT2D eigenvalue weighted by Crippen LogP contribution is 2.32. The quantitative estimate of drug-likeness (QED) is 0.722. The fourth-order valence-electron chi connectivity index (χ4n) is 3.54. The number of esters is 1. The van der Waals surface area contributed by atoms with E-state index in [9.17, 15) is 9.59 Å². The number of carbonyl (C=O) groups excluding carboxylic acids is 2. The van der Waals surface area contributed by atoms with E-state index in [1.807, 2.05) is 45.0 Å². The summed E-state index contributed by atoms with van der Waals surface area (Å²) in [5.74, 6) is -0.339. The smallest absolute Gasteiger partial charge is 0.410 e. The van der Waals surface area contributed by atoms with Gasteiger partial charge in [0.05, 0.1) is 10.6 Å². The number of fused-ring (bicyclic) bond motifs is 1. The number of benzene rings is 1. The van der Waals surface area contributed by atoms with Crippen molar-refractivity contribution >= 4 is 38.9 Å². The van der Waals surface area contributed by atoms with Crippen LogP contribution >= 0.6 is 15.9 Å². The van der Waals surface area contributed by atoms with E-state index in [2.05, 4.69) is 20.9 Å². The van der Waals surface area contributed by atoms with Gasteiger partial charge in [0, 0.05) is 30.8 Å². The van der Waals surface area contributed by atoms with Gasteiger partial charge in [-0.3, -0.25) is 4.79 Å².